The number of carbonyl (C=O) groups is 1. The molecular formula is C22H41IN6O2. The van der Waals surface area contributed by atoms with E-state index in [9.17, 15) is 4.79 Å². The van der Waals surface area contributed by atoms with E-state index in [0.717, 1.165) is 44.7 Å². The fraction of sp³-hybridized carbons (Fsp3) is 0.773. The monoisotopic (exact) mass is 548 g/mol. The lowest BCUT2D eigenvalue weighted by Crippen LogP contribution is -2.57. The Morgan fingerprint density at radius 2 is 2.00 bits per heavy atom. The first-order chi connectivity index (χ1) is 14.1. The number of halogens is 1. The highest BCUT2D eigenvalue weighted by Crippen LogP contribution is 2.21. The summed E-state index contributed by atoms with van der Waals surface area (Å²) >= 11 is 0. The number of hydrogen-bond acceptors (Lipinski definition) is 4. The Hall–Kier alpha value is -1.52. The summed E-state index contributed by atoms with van der Waals surface area (Å²) in [6, 6.07) is 0. The standard InChI is InChI=1S/C22H40N6O2.HI/c1-8-22(9-2,26-20(29)30-21(3,4)5)16-24-19(23-6)28-11-10-17(15-28)12-18-13-25-27(7)14-18;/h13-14,17H,8-12,15-16H2,1-7H3,(H,23,24)(H,26,29);1H. The number of ether oxygens (including phenoxy) is 1. The van der Waals surface area contributed by atoms with Crippen LogP contribution in [0.15, 0.2) is 17.4 Å². The summed E-state index contributed by atoms with van der Waals surface area (Å²) < 4.78 is 7.33. The fourth-order valence-corrected chi connectivity index (χ4v) is 3.92. The van der Waals surface area contributed by atoms with Crippen LogP contribution in [0.3, 0.4) is 0 Å². The summed E-state index contributed by atoms with van der Waals surface area (Å²) in [5, 5.41) is 10.9. The Morgan fingerprint density at radius 3 is 2.52 bits per heavy atom. The maximum atomic E-state index is 12.4. The molecule has 8 nitrogen and oxygen atoms in total. The third-order valence-electron chi connectivity index (χ3n) is 5.78. The molecule has 1 amide bonds. The van der Waals surface area contributed by atoms with Crippen LogP contribution < -0.4 is 10.6 Å². The molecule has 1 atom stereocenters. The number of nitrogens with one attached hydrogen (secondary N) is 2. The van der Waals surface area contributed by atoms with Crippen molar-refractivity contribution >= 4 is 36.0 Å². The molecule has 0 aromatic carbocycles. The summed E-state index contributed by atoms with van der Waals surface area (Å²) in [5.41, 5.74) is 0.386. The summed E-state index contributed by atoms with van der Waals surface area (Å²) in [5.74, 6) is 1.48. The van der Waals surface area contributed by atoms with Crippen molar-refractivity contribution in [2.24, 2.45) is 18.0 Å². The minimum atomic E-state index is -0.514. The predicted molar refractivity (Wildman–Crippen MR) is 136 cm³/mol. The zero-order chi connectivity index (χ0) is 22.4. The quantitative estimate of drug-likeness (QED) is 0.310. The third-order valence-corrected chi connectivity index (χ3v) is 5.78. The smallest absolute Gasteiger partial charge is 0.408 e. The molecule has 1 fully saturated rings. The zero-order valence-corrected chi connectivity index (χ0v) is 22.5. The molecule has 2 N–H and O–H groups in total. The summed E-state index contributed by atoms with van der Waals surface area (Å²) in [6.07, 6.45) is 7.45. The van der Waals surface area contributed by atoms with Crippen LogP contribution in [0.2, 0.25) is 0 Å². The van der Waals surface area contributed by atoms with E-state index >= 15 is 0 Å². The van der Waals surface area contributed by atoms with E-state index in [0.29, 0.717) is 12.5 Å². The molecule has 1 aliphatic heterocycles. The van der Waals surface area contributed by atoms with Crippen LogP contribution in [0.1, 0.15) is 59.4 Å². The first kappa shape index (κ1) is 27.5. The highest BCUT2D eigenvalue weighted by atomic mass is 127. The fourth-order valence-electron chi connectivity index (χ4n) is 3.92. The van der Waals surface area contributed by atoms with Gasteiger partial charge in [-0.2, -0.15) is 5.10 Å². The van der Waals surface area contributed by atoms with Gasteiger partial charge in [0.1, 0.15) is 5.60 Å². The normalized spacial score (nSPS) is 17.3. The van der Waals surface area contributed by atoms with Crippen LogP contribution >= 0.6 is 24.0 Å². The van der Waals surface area contributed by atoms with Crippen LogP contribution in [-0.2, 0) is 18.2 Å². The van der Waals surface area contributed by atoms with E-state index < -0.39 is 5.60 Å². The topological polar surface area (TPSA) is 83.8 Å². The van der Waals surface area contributed by atoms with Crippen LogP contribution in [0, 0.1) is 5.92 Å². The Labute approximate surface area is 204 Å². The lowest BCUT2D eigenvalue weighted by atomic mass is 9.93. The molecule has 1 unspecified atom stereocenters. The van der Waals surface area contributed by atoms with Gasteiger partial charge in [-0.3, -0.25) is 9.67 Å². The number of aryl methyl sites for hydroxylation is 1. The van der Waals surface area contributed by atoms with Gasteiger partial charge in [-0.05, 0) is 57.9 Å². The summed E-state index contributed by atoms with van der Waals surface area (Å²) in [6.45, 7) is 12.4. The molecule has 0 aliphatic carbocycles. The number of hydrogen-bond donors (Lipinski definition) is 2. The van der Waals surface area contributed by atoms with Gasteiger partial charge in [-0.25, -0.2) is 4.79 Å². The lowest BCUT2D eigenvalue weighted by Gasteiger charge is -2.35. The Morgan fingerprint density at radius 1 is 1.32 bits per heavy atom. The second kappa shape index (κ2) is 11.9. The van der Waals surface area contributed by atoms with Crippen LogP contribution in [0.4, 0.5) is 4.79 Å². The summed E-state index contributed by atoms with van der Waals surface area (Å²) in [4.78, 5) is 19.2. The number of amides is 1. The largest absolute Gasteiger partial charge is 0.444 e. The molecule has 1 aliphatic rings. The Bertz CT molecular complexity index is 724. The second-order valence-corrected chi connectivity index (χ2v) is 9.34. The van der Waals surface area contributed by atoms with Crippen molar-refractivity contribution in [3.05, 3.63) is 18.0 Å². The van der Waals surface area contributed by atoms with Crippen molar-refractivity contribution in [1.29, 1.82) is 0 Å². The van der Waals surface area contributed by atoms with E-state index in [1.54, 1.807) is 0 Å². The lowest BCUT2D eigenvalue weighted by molar-refractivity contribution is 0.0448. The van der Waals surface area contributed by atoms with Crippen molar-refractivity contribution in [2.45, 2.75) is 71.4 Å². The van der Waals surface area contributed by atoms with Gasteiger partial charge < -0.3 is 20.3 Å². The number of nitrogens with zero attached hydrogens (tertiary/aromatic N) is 4. The van der Waals surface area contributed by atoms with E-state index in [2.05, 4.69) is 45.7 Å². The van der Waals surface area contributed by atoms with Gasteiger partial charge in [0.25, 0.3) is 0 Å². The molecule has 2 heterocycles. The molecule has 0 bridgehead atoms. The summed E-state index contributed by atoms with van der Waals surface area (Å²) in [7, 11) is 3.77. The average molecular weight is 549 g/mol. The van der Waals surface area contributed by atoms with Crippen molar-refractivity contribution < 1.29 is 9.53 Å². The molecule has 1 aromatic heterocycles. The molecule has 0 saturated carbocycles. The van der Waals surface area contributed by atoms with Crippen LogP contribution in [0.5, 0.6) is 0 Å². The Kier molecular flexibility index (Phi) is 10.6. The number of guanidine groups is 1. The van der Waals surface area contributed by atoms with Gasteiger partial charge in [0.05, 0.1) is 11.7 Å². The maximum absolute atomic E-state index is 12.4. The molecule has 1 saturated heterocycles. The van der Waals surface area contributed by atoms with Crippen LogP contribution in [-0.4, -0.2) is 64.6 Å². The molecule has 2 rings (SSSR count). The van der Waals surface area contributed by atoms with E-state index in [-0.39, 0.29) is 35.6 Å². The van der Waals surface area contributed by atoms with Crippen molar-refractivity contribution in [2.75, 3.05) is 26.7 Å². The molecule has 178 valence electrons. The first-order valence-electron chi connectivity index (χ1n) is 11.0. The van der Waals surface area contributed by atoms with Crippen molar-refractivity contribution in [1.82, 2.24) is 25.3 Å². The highest BCUT2D eigenvalue weighted by Gasteiger charge is 2.32. The molecule has 0 radical (unpaired) electrons. The molecule has 1 aromatic rings. The maximum Gasteiger partial charge on any atom is 0.408 e. The minimum absolute atomic E-state index is 0. The minimum Gasteiger partial charge on any atom is -0.444 e. The van der Waals surface area contributed by atoms with E-state index in [4.69, 9.17) is 4.74 Å². The average Bonchev–Trinajstić information content (AvgIpc) is 3.29. The third kappa shape index (κ3) is 8.50. The highest BCUT2D eigenvalue weighted by molar-refractivity contribution is 14.0. The SMILES string of the molecule is CCC(CC)(CNC(=NC)N1CCC(Cc2cnn(C)c2)C1)NC(=O)OC(C)(C)C.I. The number of carbonyl (C=O) groups excluding carboxylic acids is 1. The molecule has 9 heteroatoms. The van der Waals surface area contributed by atoms with Gasteiger partial charge in [0.2, 0.25) is 0 Å². The Balaban J connectivity index is 0.00000480. The van der Waals surface area contributed by atoms with Crippen molar-refractivity contribution in [3.8, 4) is 0 Å². The zero-order valence-electron chi connectivity index (χ0n) is 20.2. The number of rotatable bonds is 7. The molecule has 31 heavy (non-hydrogen) atoms. The van der Waals surface area contributed by atoms with Gasteiger partial charge >= 0.3 is 6.09 Å². The van der Waals surface area contributed by atoms with E-state index in [1.165, 1.54) is 5.56 Å². The van der Waals surface area contributed by atoms with Gasteiger partial charge in [0.15, 0.2) is 5.96 Å². The first-order valence-corrected chi connectivity index (χ1v) is 11.0. The van der Waals surface area contributed by atoms with Crippen LogP contribution in [0.25, 0.3) is 0 Å². The van der Waals surface area contributed by atoms with Gasteiger partial charge in [-0.15, -0.1) is 24.0 Å². The number of likely N-dealkylation sites (tertiary alicyclic amines) is 1. The van der Waals surface area contributed by atoms with Crippen molar-refractivity contribution in [3.63, 3.8) is 0 Å². The molecule has 0 spiro atoms. The number of aliphatic imine (C=N–C) groups is 1. The van der Waals surface area contributed by atoms with E-state index in [1.807, 2.05) is 45.7 Å². The van der Waals surface area contributed by atoms with Gasteiger partial charge in [-0.1, -0.05) is 13.8 Å². The number of alkyl carbamates (subject to hydrolysis) is 1. The number of aromatic nitrogens is 2. The second-order valence-electron chi connectivity index (χ2n) is 9.34. The predicted octanol–water partition coefficient (Wildman–Crippen LogP) is 3.56. The molecular weight excluding hydrogens is 507 g/mol. The van der Waals surface area contributed by atoms with Gasteiger partial charge in [0, 0.05) is 39.9 Å².